The molecule has 16 heavy (non-hydrogen) atoms. The molecule has 2 bridgehead atoms. The van der Waals surface area contributed by atoms with Gasteiger partial charge >= 0.3 is 0 Å². The van der Waals surface area contributed by atoms with Crippen LogP contribution in [0.1, 0.15) is 47.0 Å². The summed E-state index contributed by atoms with van der Waals surface area (Å²) in [6, 6.07) is 0. The van der Waals surface area contributed by atoms with Gasteiger partial charge in [0.05, 0.1) is 0 Å². The highest BCUT2D eigenvalue weighted by Crippen LogP contribution is 2.53. The summed E-state index contributed by atoms with van der Waals surface area (Å²) in [7, 11) is 0. The normalized spacial score (nSPS) is 42.9. The molecule has 0 unspecified atom stereocenters. The second kappa shape index (κ2) is 5.08. The second-order valence-electron chi connectivity index (χ2n) is 6.44. The summed E-state index contributed by atoms with van der Waals surface area (Å²) in [6.45, 7) is 11.3. The van der Waals surface area contributed by atoms with E-state index < -0.39 is 0 Å². The van der Waals surface area contributed by atoms with Gasteiger partial charge in [0.2, 0.25) is 0 Å². The first-order valence-electron chi connectivity index (χ1n) is 7.21. The lowest BCUT2D eigenvalue weighted by atomic mass is 9.54. The molecular weight excluding hydrogens is 196 g/mol. The van der Waals surface area contributed by atoms with Gasteiger partial charge in [0.1, 0.15) is 0 Å². The summed E-state index contributed by atoms with van der Waals surface area (Å²) in [5.74, 6) is 5.61. The number of hydrogen-bond acceptors (Lipinski definition) is 1. The van der Waals surface area contributed by atoms with Crippen molar-refractivity contribution in [3.05, 3.63) is 0 Å². The van der Waals surface area contributed by atoms with Gasteiger partial charge in [0.15, 0.2) is 0 Å². The van der Waals surface area contributed by atoms with E-state index in [1.54, 1.807) is 0 Å². The van der Waals surface area contributed by atoms with E-state index >= 15 is 0 Å². The van der Waals surface area contributed by atoms with Gasteiger partial charge in [-0.15, -0.1) is 0 Å². The molecule has 0 aromatic carbocycles. The predicted octanol–water partition coefficient (Wildman–Crippen LogP) is 3.98. The van der Waals surface area contributed by atoms with Crippen LogP contribution in [-0.4, -0.2) is 13.2 Å². The summed E-state index contributed by atoms with van der Waals surface area (Å²) < 4.78 is 5.69. The number of ether oxygens (including phenoxy) is 1. The molecule has 0 aromatic rings. The highest BCUT2D eigenvalue weighted by atomic mass is 16.5. The Labute approximate surface area is 101 Å². The Hall–Kier alpha value is -0.0400. The zero-order valence-electron chi connectivity index (χ0n) is 11.4. The number of hydrogen-bond donors (Lipinski definition) is 0. The minimum Gasteiger partial charge on any atom is -0.381 e. The second-order valence-corrected chi connectivity index (χ2v) is 6.44. The maximum absolute atomic E-state index is 5.69. The van der Waals surface area contributed by atoms with Crippen LogP contribution >= 0.6 is 0 Å². The fraction of sp³-hybridized carbons (Fsp3) is 1.00. The van der Waals surface area contributed by atoms with Crippen molar-refractivity contribution in [2.75, 3.05) is 13.2 Å². The van der Waals surface area contributed by atoms with Crippen LogP contribution in [0.3, 0.4) is 0 Å². The van der Waals surface area contributed by atoms with E-state index in [9.17, 15) is 0 Å². The zero-order chi connectivity index (χ0) is 11.7. The van der Waals surface area contributed by atoms with Gasteiger partial charge in [0, 0.05) is 13.2 Å². The molecule has 1 heteroatoms. The molecule has 0 heterocycles. The first-order valence-corrected chi connectivity index (χ1v) is 7.21. The Kier molecular flexibility index (Phi) is 3.94. The molecule has 3 fully saturated rings. The van der Waals surface area contributed by atoms with Crippen LogP contribution in [-0.2, 0) is 4.74 Å². The van der Waals surface area contributed by atoms with Gasteiger partial charge in [-0.25, -0.2) is 0 Å². The van der Waals surface area contributed by atoms with Gasteiger partial charge in [-0.3, -0.25) is 0 Å². The summed E-state index contributed by atoms with van der Waals surface area (Å²) in [4.78, 5) is 0. The third-order valence-electron chi connectivity index (χ3n) is 5.18. The molecule has 3 aliphatic rings. The van der Waals surface area contributed by atoms with Crippen LogP contribution in [0.5, 0.6) is 0 Å². The largest absolute Gasteiger partial charge is 0.381 e. The van der Waals surface area contributed by atoms with Crippen molar-refractivity contribution in [2.45, 2.75) is 47.0 Å². The Balaban J connectivity index is 2.02. The Morgan fingerprint density at radius 1 is 1.19 bits per heavy atom. The summed E-state index contributed by atoms with van der Waals surface area (Å²) >= 11 is 0. The Bertz CT molecular complexity index is 223. The maximum atomic E-state index is 5.69. The van der Waals surface area contributed by atoms with Crippen molar-refractivity contribution in [3.63, 3.8) is 0 Å². The van der Waals surface area contributed by atoms with Gasteiger partial charge < -0.3 is 4.74 Å². The highest BCUT2D eigenvalue weighted by Gasteiger charge is 2.45. The smallest absolute Gasteiger partial charge is 0.0496 e. The molecular formula is C15H28O. The van der Waals surface area contributed by atoms with Crippen molar-refractivity contribution >= 4 is 0 Å². The summed E-state index contributed by atoms with van der Waals surface area (Å²) in [5.41, 5.74) is 0. The van der Waals surface area contributed by atoms with Gasteiger partial charge in [-0.1, -0.05) is 20.8 Å². The van der Waals surface area contributed by atoms with Crippen LogP contribution in [0.2, 0.25) is 0 Å². The summed E-state index contributed by atoms with van der Waals surface area (Å²) in [5, 5.41) is 0. The summed E-state index contributed by atoms with van der Waals surface area (Å²) in [6.07, 6.45) is 4.40. The van der Waals surface area contributed by atoms with E-state index in [4.69, 9.17) is 4.74 Å². The number of rotatable bonds is 4. The lowest BCUT2D eigenvalue weighted by Crippen LogP contribution is -2.45. The minimum absolute atomic E-state index is 0.863. The van der Waals surface area contributed by atoms with Crippen molar-refractivity contribution in [1.82, 2.24) is 0 Å². The molecule has 0 radical (unpaired) electrons. The van der Waals surface area contributed by atoms with Crippen LogP contribution in [0, 0.1) is 35.5 Å². The van der Waals surface area contributed by atoms with E-state index in [1.807, 2.05) is 0 Å². The molecule has 0 N–H and O–H groups in total. The molecule has 94 valence electrons. The minimum atomic E-state index is 0.863. The standard InChI is InChI=1S/C15H28O/c1-5-16-9-13-7-12-8-14(10(2)3)15(13)6-11(12)4/h10-15H,5-9H2,1-4H3/t11-,12-,13-,14-,15-/m0/s1. The van der Waals surface area contributed by atoms with Crippen molar-refractivity contribution in [3.8, 4) is 0 Å². The predicted molar refractivity (Wildman–Crippen MR) is 68.3 cm³/mol. The monoisotopic (exact) mass is 224 g/mol. The molecule has 3 aliphatic carbocycles. The molecule has 0 amide bonds. The molecule has 0 spiro atoms. The van der Waals surface area contributed by atoms with E-state index in [0.717, 1.165) is 48.7 Å². The van der Waals surface area contributed by atoms with E-state index in [-0.39, 0.29) is 0 Å². The first-order chi connectivity index (χ1) is 7.63. The molecule has 5 atom stereocenters. The first kappa shape index (κ1) is 12.4. The lowest BCUT2D eigenvalue weighted by Gasteiger charge is -2.52. The van der Waals surface area contributed by atoms with E-state index in [1.165, 1.54) is 19.3 Å². The topological polar surface area (TPSA) is 9.23 Å². The van der Waals surface area contributed by atoms with E-state index in [2.05, 4.69) is 27.7 Å². The van der Waals surface area contributed by atoms with Crippen LogP contribution in [0.15, 0.2) is 0 Å². The van der Waals surface area contributed by atoms with E-state index in [0.29, 0.717) is 0 Å². The maximum Gasteiger partial charge on any atom is 0.0496 e. The molecule has 0 aliphatic heterocycles. The highest BCUT2D eigenvalue weighted by molar-refractivity contribution is 4.95. The quantitative estimate of drug-likeness (QED) is 0.702. The molecule has 0 aromatic heterocycles. The Morgan fingerprint density at radius 3 is 2.50 bits per heavy atom. The van der Waals surface area contributed by atoms with Crippen molar-refractivity contribution in [2.24, 2.45) is 35.5 Å². The fourth-order valence-electron chi connectivity index (χ4n) is 4.21. The van der Waals surface area contributed by atoms with Gasteiger partial charge in [-0.2, -0.15) is 0 Å². The van der Waals surface area contributed by atoms with Gasteiger partial charge in [0.25, 0.3) is 0 Å². The average molecular weight is 224 g/mol. The molecule has 3 saturated carbocycles. The van der Waals surface area contributed by atoms with Crippen LogP contribution in [0.4, 0.5) is 0 Å². The SMILES string of the molecule is CCOC[C@@H]1C[C@H]2C[C@@H](C(C)C)[C@H]1C[C@@H]2C. The Morgan fingerprint density at radius 2 is 1.94 bits per heavy atom. The van der Waals surface area contributed by atoms with Crippen LogP contribution < -0.4 is 0 Å². The third kappa shape index (κ3) is 2.30. The van der Waals surface area contributed by atoms with Crippen LogP contribution in [0.25, 0.3) is 0 Å². The number of fused-ring (bicyclic) bond motifs is 3. The third-order valence-corrected chi connectivity index (χ3v) is 5.18. The van der Waals surface area contributed by atoms with Crippen molar-refractivity contribution in [1.29, 1.82) is 0 Å². The molecule has 1 nitrogen and oxygen atoms in total. The average Bonchev–Trinajstić information content (AvgIpc) is 2.26. The van der Waals surface area contributed by atoms with Crippen molar-refractivity contribution < 1.29 is 4.74 Å². The zero-order valence-corrected chi connectivity index (χ0v) is 11.4. The molecule has 3 rings (SSSR count). The van der Waals surface area contributed by atoms with Gasteiger partial charge in [-0.05, 0) is 61.7 Å². The molecule has 0 saturated heterocycles. The lowest BCUT2D eigenvalue weighted by molar-refractivity contribution is -0.0560. The fourth-order valence-corrected chi connectivity index (χ4v) is 4.21.